The monoisotopic (exact) mass is 242 g/mol. The van der Waals surface area contributed by atoms with E-state index in [2.05, 4.69) is 20.9 Å². The van der Waals surface area contributed by atoms with Crippen molar-refractivity contribution in [3.8, 4) is 0 Å². The zero-order valence-electron chi connectivity index (χ0n) is 10.4. The Morgan fingerprint density at radius 3 is 2.72 bits per heavy atom. The highest BCUT2D eigenvalue weighted by Gasteiger charge is 2.20. The smallest absolute Gasteiger partial charge is 0.139 e. The summed E-state index contributed by atoms with van der Waals surface area (Å²) in [6.45, 7) is 2.89. The molecular weight excluding hydrogens is 224 g/mol. The van der Waals surface area contributed by atoms with Gasteiger partial charge in [-0.3, -0.25) is 0 Å². The van der Waals surface area contributed by atoms with Crippen LogP contribution in [0.2, 0.25) is 0 Å². The minimum atomic E-state index is 0.675. The summed E-state index contributed by atoms with van der Waals surface area (Å²) in [6, 6.07) is 8.19. The van der Waals surface area contributed by atoms with Crippen molar-refractivity contribution in [2.45, 2.75) is 12.8 Å². The largest absolute Gasteiger partial charge is 0.356 e. The average molecular weight is 242 g/mol. The Morgan fingerprint density at radius 1 is 1.17 bits per heavy atom. The third-order valence-corrected chi connectivity index (χ3v) is 3.77. The van der Waals surface area contributed by atoms with Crippen LogP contribution in [-0.2, 0) is 0 Å². The number of nitrogens with two attached hydrogens (primary N) is 1. The number of nitrogens with zero attached hydrogens (tertiary/aromatic N) is 3. The zero-order chi connectivity index (χ0) is 12.4. The second-order valence-corrected chi connectivity index (χ2v) is 4.88. The first kappa shape index (κ1) is 11.4. The normalized spacial score (nSPS) is 17.3. The zero-order valence-corrected chi connectivity index (χ0v) is 10.4. The van der Waals surface area contributed by atoms with Crippen LogP contribution in [0.1, 0.15) is 12.8 Å². The Morgan fingerprint density at radius 2 is 1.94 bits per heavy atom. The lowest BCUT2D eigenvalue weighted by Crippen LogP contribution is -2.36. The fraction of sp³-hybridized carbons (Fsp3) is 0.429. The van der Waals surface area contributed by atoms with Gasteiger partial charge in [0.05, 0.1) is 5.52 Å². The molecule has 0 saturated carbocycles. The molecule has 1 aromatic heterocycles. The lowest BCUT2D eigenvalue weighted by atomic mass is 9.97. The first-order valence-electron chi connectivity index (χ1n) is 6.53. The number of rotatable bonds is 2. The van der Waals surface area contributed by atoms with Gasteiger partial charge in [0.15, 0.2) is 0 Å². The number of piperidine rings is 1. The number of benzene rings is 1. The summed E-state index contributed by atoms with van der Waals surface area (Å²) in [5.74, 6) is 1.74. The Balaban J connectivity index is 1.91. The maximum atomic E-state index is 5.73. The molecule has 18 heavy (non-hydrogen) atoms. The number of hydrogen-bond acceptors (Lipinski definition) is 4. The molecule has 1 aromatic carbocycles. The van der Waals surface area contributed by atoms with E-state index in [9.17, 15) is 0 Å². The molecular formula is C14H18N4. The fourth-order valence-electron chi connectivity index (χ4n) is 2.62. The number of hydrogen-bond donors (Lipinski definition) is 1. The molecule has 0 spiro atoms. The molecule has 3 rings (SSSR count). The highest BCUT2D eigenvalue weighted by Crippen LogP contribution is 2.26. The molecule has 0 atom stereocenters. The van der Waals surface area contributed by atoms with Crippen molar-refractivity contribution in [2.24, 2.45) is 11.7 Å². The maximum absolute atomic E-state index is 5.73. The lowest BCUT2D eigenvalue weighted by Gasteiger charge is -2.32. The molecule has 4 heteroatoms. The molecule has 1 aliphatic heterocycles. The van der Waals surface area contributed by atoms with Gasteiger partial charge in [-0.15, -0.1) is 0 Å². The van der Waals surface area contributed by atoms with E-state index in [4.69, 9.17) is 5.73 Å². The van der Waals surface area contributed by atoms with Crippen molar-refractivity contribution in [1.82, 2.24) is 9.97 Å². The number of fused-ring (bicyclic) bond motifs is 1. The quantitative estimate of drug-likeness (QED) is 0.872. The Bertz CT molecular complexity index is 527. The first-order valence-corrected chi connectivity index (χ1v) is 6.53. The molecule has 4 nitrogen and oxygen atoms in total. The summed E-state index contributed by atoms with van der Waals surface area (Å²) >= 11 is 0. The summed E-state index contributed by atoms with van der Waals surface area (Å²) in [4.78, 5) is 11.1. The summed E-state index contributed by atoms with van der Waals surface area (Å²) < 4.78 is 0. The molecule has 1 aliphatic rings. The highest BCUT2D eigenvalue weighted by atomic mass is 15.2. The van der Waals surface area contributed by atoms with Gasteiger partial charge in [-0.1, -0.05) is 12.1 Å². The minimum absolute atomic E-state index is 0.675. The lowest BCUT2D eigenvalue weighted by molar-refractivity contribution is 0.413. The van der Waals surface area contributed by atoms with E-state index >= 15 is 0 Å². The van der Waals surface area contributed by atoms with Gasteiger partial charge in [-0.25, -0.2) is 9.97 Å². The second kappa shape index (κ2) is 4.90. The van der Waals surface area contributed by atoms with E-state index in [1.54, 1.807) is 6.33 Å². The van der Waals surface area contributed by atoms with Crippen LogP contribution < -0.4 is 10.6 Å². The fourth-order valence-corrected chi connectivity index (χ4v) is 2.62. The van der Waals surface area contributed by atoms with Crippen molar-refractivity contribution in [2.75, 3.05) is 24.5 Å². The van der Waals surface area contributed by atoms with Gasteiger partial charge in [-0.2, -0.15) is 0 Å². The molecule has 0 aliphatic carbocycles. The molecule has 0 unspecified atom stereocenters. The van der Waals surface area contributed by atoms with Gasteiger partial charge in [0, 0.05) is 18.5 Å². The van der Waals surface area contributed by atoms with Crippen molar-refractivity contribution < 1.29 is 0 Å². The van der Waals surface area contributed by atoms with Crippen molar-refractivity contribution >= 4 is 16.7 Å². The van der Waals surface area contributed by atoms with Gasteiger partial charge >= 0.3 is 0 Å². The Labute approximate surface area is 107 Å². The van der Waals surface area contributed by atoms with Crippen LogP contribution in [0, 0.1) is 5.92 Å². The van der Waals surface area contributed by atoms with Crippen molar-refractivity contribution in [3.05, 3.63) is 30.6 Å². The van der Waals surface area contributed by atoms with E-state index in [0.717, 1.165) is 49.2 Å². The molecule has 2 N–H and O–H groups in total. The van der Waals surface area contributed by atoms with Gasteiger partial charge < -0.3 is 10.6 Å². The topological polar surface area (TPSA) is 55.0 Å². The number of para-hydroxylation sites is 1. The van der Waals surface area contributed by atoms with Gasteiger partial charge in [0.25, 0.3) is 0 Å². The maximum Gasteiger partial charge on any atom is 0.139 e. The Kier molecular flexibility index (Phi) is 3.11. The van der Waals surface area contributed by atoms with E-state index in [1.165, 1.54) is 0 Å². The molecule has 2 aromatic rings. The first-order chi connectivity index (χ1) is 8.88. The van der Waals surface area contributed by atoms with E-state index in [-0.39, 0.29) is 0 Å². The summed E-state index contributed by atoms with van der Waals surface area (Å²) in [6.07, 6.45) is 3.98. The average Bonchev–Trinajstić information content (AvgIpc) is 2.47. The third-order valence-electron chi connectivity index (χ3n) is 3.77. The summed E-state index contributed by atoms with van der Waals surface area (Å²) in [7, 11) is 0. The number of anilines is 1. The van der Waals surface area contributed by atoms with Gasteiger partial charge in [0.1, 0.15) is 12.1 Å². The predicted molar refractivity (Wildman–Crippen MR) is 73.5 cm³/mol. The second-order valence-electron chi connectivity index (χ2n) is 4.88. The molecule has 1 fully saturated rings. The van der Waals surface area contributed by atoms with E-state index in [0.29, 0.717) is 5.92 Å². The van der Waals surface area contributed by atoms with Crippen LogP contribution >= 0.6 is 0 Å². The van der Waals surface area contributed by atoms with E-state index in [1.807, 2.05) is 18.2 Å². The van der Waals surface area contributed by atoms with Crippen molar-refractivity contribution in [3.63, 3.8) is 0 Å². The summed E-state index contributed by atoms with van der Waals surface area (Å²) in [5.41, 5.74) is 6.75. The number of aromatic nitrogens is 2. The predicted octanol–water partition coefficient (Wildman–Crippen LogP) is 1.80. The SMILES string of the molecule is NCC1CCN(c2ncnc3ccccc23)CC1. The molecule has 2 heterocycles. The van der Waals surface area contributed by atoms with Gasteiger partial charge in [-0.05, 0) is 37.4 Å². The molecule has 94 valence electrons. The van der Waals surface area contributed by atoms with Crippen LogP contribution in [0.4, 0.5) is 5.82 Å². The van der Waals surface area contributed by atoms with Crippen molar-refractivity contribution in [1.29, 1.82) is 0 Å². The standard InChI is InChI=1S/C14H18N4/c15-9-11-5-7-18(8-6-11)14-12-3-1-2-4-13(12)16-10-17-14/h1-4,10-11H,5-9,15H2. The third kappa shape index (κ3) is 2.04. The summed E-state index contributed by atoms with van der Waals surface area (Å²) in [5, 5.41) is 1.14. The Hall–Kier alpha value is -1.68. The molecule has 0 radical (unpaired) electrons. The van der Waals surface area contributed by atoms with Gasteiger partial charge in [0.2, 0.25) is 0 Å². The van der Waals surface area contributed by atoms with Crippen LogP contribution in [0.5, 0.6) is 0 Å². The van der Waals surface area contributed by atoms with Crippen LogP contribution in [-0.4, -0.2) is 29.6 Å². The molecule has 1 saturated heterocycles. The molecule has 0 bridgehead atoms. The minimum Gasteiger partial charge on any atom is -0.356 e. The van der Waals surface area contributed by atoms with E-state index < -0.39 is 0 Å². The van der Waals surface area contributed by atoms with Crippen LogP contribution in [0.3, 0.4) is 0 Å². The molecule has 0 amide bonds. The van der Waals surface area contributed by atoms with Crippen LogP contribution in [0.25, 0.3) is 10.9 Å². The van der Waals surface area contributed by atoms with Crippen LogP contribution in [0.15, 0.2) is 30.6 Å². The highest BCUT2D eigenvalue weighted by molar-refractivity contribution is 5.89.